The average Bonchev–Trinajstić information content (AvgIpc) is 3.12. The van der Waals surface area contributed by atoms with Gasteiger partial charge in [0.1, 0.15) is 5.52 Å². The van der Waals surface area contributed by atoms with Gasteiger partial charge in [-0.3, -0.25) is 14.5 Å². The fourth-order valence-electron chi connectivity index (χ4n) is 3.47. The smallest absolute Gasteiger partial charge is 0.278 e. The first-order valence-electron chi connectivity index (χ1n) is 9.53. The van der Waals surface area contributed by atoms with Crippen molar-refractivity contribution in [2.24, 2.45) is 0 Å². The maximum Gasteiger partial charge on any atom is 0.278 e. The first kappa shape index (κ1) is 20.2. The maximum atomic E-state index is 12.6. The fraction of sp³-hybridized carbons (Fsp3) is 0.421. The molecule has 8 nitrogen and oxygen atoms in total. The molecule has 1 aliphatic heterocycles. The van der Waals surface area contributed by atoms with Crippen LogP contribution < -0.4 is 10.9 Å². The van der Waals surface area contributed by atoms with Crippen molar-refractivity contribution in [2.75, 3.05) is 25.0 Å². The molecular formula is C19H22Cl2N6O2. The zero-order chi connectivity index (χ0) is 20.4. The monoisotopic (exact) mass is 436 g/mol. The zero-order valence-corrected chi connectivity index (χ0v) is 17.2. The molecular weight excluding hydrogens is 415 g/mol. The van der Waals surface area contributed by atoms with Gasteiger partial charge in [0.2, 0.25) is 5.95 Å². The number of hydrogen-bond donors (Lipinski definition) is 3. The Morgan fingerprint density at radius 3 is 2.76 bits per heavy atom. The third-order valence-corrected chi connectivity index (χ3v) is 5.87. The summed E-state index contributed by atoms with van der Waals surface area (Å²) in [4.78, 5) is 22.1. The maximum absolute atomic E-state index is 12.6. The molecule has 0 aliphatic carbocycles. The van der Waals surface area contributed by atoms with Gasteiger partial charge in [-0.25, -0.2) is 4.98 Å². The third kappa shape index (κ3) is 4.72. The zero-order valence-electron chi connectivity index (χ0n) is 15.7. The second kappa shape index (κ2) is 8.71. The van der Waals surface area contributed by atoms with E-state index in [1.807, 2.05) is 6.07 Å². The first-order valence-corrected chi connectivity index (χ1v) is 10.3. The quantitative estimate of drug-likeness (QED) is 0.548. The molecule has 10 heteroatoms. The average molecular weight is 437 g/mol. The lowest BCUT2D eigenvalue weighted by Gasteiger charge is -2.29. The second-order valence-corrected chi connectivity index (χ2v) is 8.01. The van der Waals surface area contributed by atoms with Crippen LogP contribution >= 0.6 is 23.2 Å². The number of piperidine rings is 1. The van der Waals surface area contributed by atoms with Crippen LogP contribution in [0, 0.1) is 0 Å². The molecule has 0 spiro atoms. The molecule has 0 saturated carbocycles. The molecule has 0 bridgehead atoms. The van der Waals surface area contributed by atoms with Gasteiger partial charge >= 0.3 is 0 Å². The van der Waals surface area contributed by atoms with E-state index in [0.29, 0.717) is 40.1 Å². The van der Waals surface area contributed by atoms with E-state index in [1.165, 1.54) is 0 Å². The number of aliphatic hydroxyl groups is 1. The Labute approximate surface area is 177 Å². The molecule has 3 aromatic rings. The summed E-state index contributed by atoms with van der Waals surface area (Å²) in [6, 6.07) is 5.36. The number of nitrogens with one attached hydrogen (secondary N) is 2. The number of aliphatic hydroxyl groups excluding tert-OH is 1. The highest BCUT2D eigenvalue weighted by Gasteiger charge is 2.17. The Bertz CT molecular complexity index is 1060. The predicted octanol–water partition coefficient (Wildman–Crippen LogP) is 2.50. The van der Waals surface area contributed by atoms with Crippen LogP contribution in [0.3, 0.4) is 0 Å². The molecule has 3 N–H and O–H groups in total. The number of anilines is 1. The summed E-state index contributed by atoms with van der Waals surface area (Å²) < 4.78 is 1.69. The van der Waals surface area contributed by atoms with E-state index in [2.05, 4.69) is 25.3 Å². The van der Waals surface area contributed by atoms with E-state index in [4.69, 9.17) is 23.2 Å². The lowest BCUT2D eigenvalue weighted by atomic mass is 10.1. The van der Waals surface area contributed by atoms with Crippen molar-refractivity contribution >= 4 is 40.2 Å². The summed E-state index contributed by atoms with van der Waals surface area (Å²) in [5.41, 5.74) is 1.68. The Balaban J connectivity index is 1.44. The van der Waals surface area contributed by atoms with E-state index in [0.717, 1.165) is 38.0 Å². The highest BCUT2D eigenvalue weighted by molar-refractivity contribution is 6.42. The number of fused-ring (bicyclic) bond motifs is 1. The summed E-state index contributed by atoms with van der Waals surface area (Å²) in [6.07, 6.45) is 2.99. The van der Waals surface area contributed by atoms with Gasteiger partial charge in [-0.1, -0.05) is 29.3 Å². The van der Waals surface area contributed by atoms with E-state index in [9.17, 15) is 9.90 Å². The third-order valence-electron chi connectivity index (χ3n) is 5.13. The standard InChI is InChI=1S/C19H22Cl2N6O2/c20-14-2-1-12(9-15(14)21)10-22-19-24-16-11-23-27(17(16)18(29)25-19)8-7-26-5-3-13(28)4-6-26/h1-2,9,11,13,28H,3-8,10H2,(H2,22,24,25,29). The number of rotatable bonds is 6. The summed E-state index contributed by atoms with van der Waals surface area (Å²) in [6.45, 7) is 3.54. The molecule has 1 saturated heterocycles. The molecule has 0 unspecified atom stereocenters. The lowest BCUT2D eigenvalue weighted by molar-refractivity contribution is 0.0807. The van der Waals surface area contributed by atoms with Crippen molar-refractivity contribution in [3.63, 3.8) is 0 Å². The number of aromatic nitrogens is 4. The van der Waals surface area contributed by atoms with Gasteiger partial charge in [0.05, 0.1) is 28.9 Å². The van der Waals surface area contributed by atoms with Gasteiger partial charge < -0.3 is 15.3 Å². The Morgan fingerprint density at radius 1 is 1.21 bits per heavy atom. The normalized spacial score (nSPS) is 15.8. The number of nitrogens with zero attached hydrogens (tertiary/aromatic N) is 4. The minimum atomic E-state index is -0.238. The van der Waals surface area contributed by atoms with Crippen LogP contribution in [0.5, 0.6) is 0 Å². The molecule has 0 radical (unpaired) electrons. The van der Waals surface area contributed by atoms with E-state index >= 15 is 0 Å². The number of halogens is 2. The molecule has 29 heavy (non-hydrogen) atoms. The molecule has 3 heterocycles. The van der Waals surface area contributed by atoms with Crippen LogP contribution in [0.4, 0.5) is 5.95 Å². The SMILES string of the molecule is O=c1[nH]c(NCc2ccc(Cl)c(Cl)c2)nc2cnn(CCN3CCC(O)CC3)c12. The molecule has 0 atom stereocenters. The van der Waals surface area contributed by atoms with Crippen molar-refractivity contribution in [1.29, 1.82) is 0 Å². The van der Waals surface area contributed by atoms with Crippen molar-refractivity contribution < 1.29 is 5.11 Å². The van der Waals surface area contributed by atoms with Gasteiger partial charge in [-0.2, -0.15) is 5.10 Å². The van der Waals surface area contributed by atoms with E-state index in [-0.39, 0.29) is 11.7 Å². The van der Waals surface area contributed by atoms with Crippen molar-refractivity contribution in [1.82, 2.24) is 24.6 Å². The topological polar surface area (TPSA) is 99.1 Å². The van der Waals surface area contributed by atoms with E-state index in [1.54, 1.807) is 23.0 Å². The molecule has 2 aromatic heterocycles. The summed E-state index contributed by atoms with van der Waals surface area (Å²) in [5, 5.41) is 18.0. The van der Waals surface area contributed by atoms with Crippen LogP contribution in [0.25, 0.3) is 11.0 Å². The molecule has 0 amide bonds. The highest BCUT2D eigenvalue weighted by Crippen LogP contribution is 2.23. The van der Waals surface area contributed by atoms with Gasteiger partial charge in [0.25, 0.3) is 5.56 Å². The van der Waals surface area contributed by atoms with Crippen LogP contribution in [0.15, 0.2) is 29.2 Å². The van der Waals surface area contributed by atoms with Crippen molar-refractivity contribution in [3.05, 3.63) is 50.4 Å². The van der Waals surface area contributed by atoms with Gasteiger partial charge in [-0.05, 0) is 30.5 Å². The number of benzene rings is 1. The van der Waals surface area contributed by atoms with E-state index < -0.39 is 0 Å². The molecule has 1 aromatic carbocycles. The van der Waals surface area contributed by atoms with Crippen molar-refractivity contribution in [3.8, 4) is 0 Å². The van der Waals surface area contributed by atoms with Crippen LogP contribution in [-0.2, 0) is 13.1 Å². The largest absolute Gasteiger partial charge is 0.393 e. The number of likely N-dealkylation sites (tertiary alicyclic amines) is 1. The van der Waals surface area contributed by atoms with Gasteiger partial charge in [0, 0.05) is 26.2 Å². The minimum Gasteiger partial charge on any atom is -0.393 e. The van der Waals surface area contributed by atoms with Gasteiger partial charge in [0.15, 0.2) is 5.52 Å². The summed E-state index contributed by atoms with van der Waals surface area (Å²) >= 11 is 12.0. The number of hydrogen-bond acceptors (Lipinski definition) is 6. The Kier molecular flexibility index (Phi) is 6.05. The number of aromatic amines is 1. The first-order chi connectivity index (χ1) is 14.0. The highest BCUT2D eigenvalue weighted by atomic mass is 35.5. The Hall–Kier alpha value is -2.13. The Morgan fingerprint density at radius 2 is 2.00 bits per heavy atom. The van der Waals surface area contributed by atoms with Crippen LogP contribution in [-0.4, -0.2) is 55.5 Å². The van der Waals surface area contributed by atoms with Crippen LogP contribution in [0.2, 0.25) is 10.0 Å². The fourth-order valence-corrected chi connectivity index (χ4v) is 3.79. The molecule has 1 fully saturated rings. The number of H-pyrrole nitrogens is 1. The molecule has 154 valence electrons. The second-order valence-electron chi connectivity index (χ2n) is 7.19. The molecule has 4 rings (SSSR count). The minimum absolute atomic E-state index is 0.196. The van der Waals surface area contributed by atoms with Crippen LogP contribution in [0.1, 0.15) is 18.4 Å². The van der Waals surface area contributed by atoms with Gasteiger partial charge in [-0.15, -0.1) is 0 Å². The lowest BCUT2D eigenvalue weighted by Crippen LogP contribution is -2.37. The summed E-state index contributed by atoms with van der Waals surface area (Å²) in [7, 11) is 0. The predicted molar refractivity (Wildman–Crippen MR) is 114 cm³/mol. The van der Waals surface area contributed by atoms with Crippen molar-refractivity contribution in [2.45, 2.75) is 32.0 Å². The molecule has 1 aliphatic rings. The summed E-state index contributed by atoms with van der Waals surface area (Å²) in [5.74, 6) is 0.373.